The first-order chi connectivity index (χ1) is 13.3. The van der Waals surface area contributed by atoms with Gasteiger partial charge in [0.05, 0.1) is 23.0 Å². The van der Waals surface area contributed by atoms with Gasteiger partial charge in [-0.3, -0.25) is 4.90 Å². The van der Waals surface area contributed by atoms with Crippen LogP contribution in [0, 0.1) is 0 Å². The molecule has 2 heterocycles. The van der Waals surface area contributed by atoms with E-state index in [1.54, 1.807) is 11.8 Å². The SMILES string of the molecule is OCCN1CCN(CCCN2c3ccccc3Sc3cccc(Cl)c32)CC1. The molecule has 0 atom stereocenters. The number of fused-ring (bicyclic) bond motifs is 2. The Balaban J connectivity index is 1.42. The fourth-order valence-corrected chi connectivity index (χ4v) is 5.37. The molecular weight excluding hydrogens is 378 g/mol. The Bertz CT molecular complexity index is 780. The standard InChI is InChI=1S/C21H26ClN3OS/c22-17-5-3-8-20-21(17)25(18-6-1-2-7-19(18)27-20)10-4-9-23-11-13-24(14-12-23)15-16-26/h1-3,5-8,26H,4,9-16H2. The molecule has 0 bridgehead atoms. The molecule has 0 unspecified atom stereocenters. The lowest BCUT2D eigenvalue weighted by Crippen LogP contribution is -2.47. The van der Waals surface area contributed by atoms with Crippen molar-refractivity contribution in [3.63, 3.8) is 0 Å². The molecule has 2 aliphatic rings. The van der Waals surface area contributed by atoms with Crippen molar-refractivity contribution in [2.75, 3.05) is 57.3 Å². The molecule has 0 spiro atoms. The summed E-state index contributed by atoms with van der Waals surface area (Å²) in [6, 6.07) is 14.8. The van der Waals surface area contributed by atoms with Crippen molar-refractivity contribution in [2.45, 2.75) is 16.2 Å². The molecule has 4 nitrogen and oxygen atoms in total. The summed E-state index contributed by atoms with van der Waals surface area (Å²) in [7, 11) is 0. The molecular formula is C21H26ClN3OS. The lowest BCUT2D eigenvalue weighted by molar-refractivity contribution is 0.112. The van der Waals surface area contributed by atoms with Crippen LogP contribution in [0.4, 0.5) is 11.4 Å². The zero-order valence-electron chi connectivity index (χ0n) is 15.5. The monoisotopic (exact) mass is 403 g/mol. The Kier molecular flexibility index (Phi) is 6.25. The van der Waals surface area contributed by atoms with Crippen LogP contribution in [0.5, 0.6) is 0 Å². The molecule has 1 N–H and O–H groups in total. The average Bonchev–Trinajstić information content (AvgIpc) is 2.69. The molecule has 4 rings (SSSR count). The van der Waals surface area contributed by atoms with Gasteiger partial charge in [-0.25, -0.2) is 0 Å². The van der Waals surface area contributed by atoms with Gasteiger partial charge in [0.1, 0.15) is 0 Å². The summed E-state index contributed by atoms with van der Waals surface area (Å²) in [5, 5.41) is 9.91. The van der Waals surface area contributed by atoms with Gasteiger partial charge in [-0.1, -0.05) is 41.6 Å². The Morgan fingerprint density at radius 2 is 1.56 bits per heavy atom. The number of β-amino-alcohol motifs (C(OH)–C–C–N with tert-alkyl or cyclic N) is 1. The maximum atomic E-state index is 9.08. The topological polar surface area (TPSA) is 30.0 Å². The van der Waals surface area contributed by atoms with Gasteiger partial charge in [0, 0.05) is 49.1 Å². The summed E-state index contributed by atoms with van der Waals surface area (Å²) in [6.45, 7) is 7.39. The van der Waals surface area contributed by atoms with E-state index in [1.165, 1.54) is 15.5 Å². The lowest BCUT2D eigenvalue weighted by atomic mass is 10.2. The first-order valence-electron chi connectivity index (χ1n) is 9.65. The van der Waals surface area contributed by atoms with Crippen LogP contribution in [-0.4, -0.2) is 67.3 Å². The number of rotatable bonds is 6. The van der Waals surface area contributed by atoms with Crippen LogP contribution in [0.2, 0.25) is 5.02 Å². The van der Waals surface area contributed by atoms with E-state index < -0.39 is 0 Å². The first-order valence-corrected chi connectivity index (χ1v) is 10.8. The number of aliphatic hydroxyl groups excluding tert-OH is 1. The molecule has 0 radical (unpaired) electrons. The summed E-state index contributed by atoms with van der Waals surface area (Å²) < 4.78 is 0. The van der Waals surface area contributed by atoms with E-state index in [1.807, 2.05) is 12.1 Å². The third-order valence-electron chi connectivity index (χ3n) is 5.33. The van der Waals surface area contributed by atoms with Crippen molar-refractivity contribution in [3.05, 3.63) is 47.5 Å². The number of halogens is 1. The van der Waals surface area contributed by atoms with E-state index in [-0.39, 0.29) is 6.61 Å². The number of para-hydroxylation sites is 2. The van der Waals surface area contributed by atoms with Crippen molar-refractivity contribution in [1.29, 1.82) is 0 Å². The number of hydrogen-bond donors (Lipinski definition) is 1. The van der Waals surface area contributed by atoms with Crippen molar-refractivity contribution in [1.82, 2.24) is 9.80 Å². The normalized spacial score (nSPS) is 17.6. The Hall–Kier alpha value is -1.24. The van der Waals surface area contributed by atoms with Crippen LogP contribution in [-0.2, 0) is 0 Å². The highest BCUT2D eigenvalue weighted by atomic mass is 35.5. The van der Waals surface area contributed by atoms with Crippen molar-refractivity contribution in [3.8, 4) is 0 Å². The summed E-state index contributed by atoms with van der Waals surface area (Å²) in [6.07, 6.45) is 1.10. The zero-order chi connectivity index (χ0) is 18.6. The molecule has 2 aromatic rings. The third-order valence-corrected chi connectivity index (χ3v) is 6.75. The molecule has 144 valence electrons. The van der Waals surface area contributed by atoms with E-state index in [4.69, 9.17) is 16.7 Å². The van der Waals surface area contributed by atoms with E-state index in [9.17, 15) is 0 Å². The predicted molar refractivity (Wildman–Crippen MR) is 114 cm³/mol. The number of hydrogen-bond acceptors (Lipinski definition) is 5. The van der Waals surface area contributed by atoms with Gasteiger partial charge < -0.3 is 14.9 Å². The van der Waals surface area contributed by atoms with E-state index in [0.717, 1.165) is 62.9 Å². The molecule has 0 saturated carbocycles. The van der Waals surface area contributed by atoms with Crippen molar-refractivity contribution >= 4 is 34.7 Å². The molecule has 0 aliphatic carbocycles. The minimum Gasteiger partial charge on any atom is -0.395 e. The zero-order valence-corrected chi connectivity index (χ0v) is 17.1. The highest BCUT2D eigenvalue weighted by molar-refractivity contribution is 7.99. The molecule has 1 saturated heterocycles. The van der Waals surface area contributed by atoms with Crippen molar-refractivity contribution in [2.24, 2.45) is 0 Å². The Morgan fingerprint density at radius 3 is 2.33 bits per heavy atom. The number of piperazine rings is 1. The highest BCUT2D eigenvalue weighted by Crippen LogP contribution is 2.50. The van der Waals surface area contributed by atoms with Gasteiger partial charge in [-0.2, -0.15) is 0 Å². The minimum absolute atomic E-state index is 0.256. The minimum atomic E-state index is 0.256. The van der Waals surface area contributed by atoms with E-state index in [2.05, 4.69) is 45.0 Å². The molecule has 2 aliphatic heterocycles. The largest absolute Gasteiger partial charge is 0.395 e. The second-order valence-electron chi connectivity index (χ2n) is 7.07. The smallest absolute Gasteiger partial charge is 0.0742 e. The van der Waals surface area contributed by atoms with Gasteiger partial charge in [0.2, 0.25) is 0 Å². The summed E-state index contributed by atoms with van der Waals surface area (Å²) >= 11 is 8.39. The fraction of sp³-hybridized carbons (Fsp3) is 0.429. The highest BCUT2D eigenvalue weighted by Gasteiger charge is 2.25. The summed E-state index contributed by atoms with van der Waals surface area (Å²) in [4.78, 5) is 9.80. The third kappa shape index (κ3) is 4.28. The van der Waals surface area contributed by atoms with Crippen molar-refractivity contribution < 1.29 is 5.11 Å². The average molecular weight is 404 g/mol. The number of nitrogens with zero attached hydrogens (tertiary/aromatic N) is 3. The quantitative estimate of drug-likeness (QED) is 0.789. The van der Waals surface area contributed by atoms with Crippen LogP contribution >= 0.6 is 23.4 Å². The number of benzene rings is 2. The van der Waals surface area contributed by atoms with Gasteiger partial charge in [-0.15, -0.1) is 0 Å². The first kappa shape index (κ1) is 19.1. The van der Waals surface area contributed by atoms with Gasteiger partial charge in [0.25, 0.3) is 0 Å². The molecule has 1 fully saturated rings. The molecule has 27 heavy (non-hydrogen) atoms. The molecule has 6 heteroatoms. The van der Waals surface area contributed by atoms with E-state index >= 15 is 0 Å². The number of anilines is 2. The molecule has 0 aromatic heterocycles. The molecule has 2 aromatic carbocycles. The van der Waals surface area contributed by atoms with Crippen LogP contribution in [0.15, 0.2) is 52.3 Å². The van der Waals surface area contributed by atoms with Crippen LogP contribution in [0.1, 0.15) is 6.42 Å². The van der Waals surface area contributed by atoms with E-state index in [0.29, 0.717) is 0 Å². The van der Waals surface area contributed by atoms with Gasteiger partial charge in [0.15, 0.2) is 0 Å². The molecule has 0 amide bonds. The van der Waals surface area contributed by atoms with Crippen LogP contribution in [0.3, 0.4) is 0 Å². The van der Waals surface area contributed by atoms with Crippen LogP contribution < -0.4 is 4.90 Å². The second kappa shape index (κ2) is 8.84. The number of aliphatic hydroxyl groups is 1. The second-order valence-corrected chi connectivity index (χ2v) is 8.56. The van der Waals surface area contributed by atoms with Gasteiger partial charge in [-0.05, 0) is 37.2 Å². The maximum absolute atomic E-state index is 9.08. The van der Waals surface area contributed by atoms with Gasteiger partial charge >= 0.3 is 0 Å². The Labute approximate surface area is 170 Å². The maximum Gasteiger partial charge on any atom is 0.0742 e. The fourth-order valence-electron chi connectivity index (χ4n) is 3.91. The summed E-state index contributed by atoms with van der Waals surface area (Å²) in [5.74, 6) is 0. The Morgan fingerprint density at radius 1 is 0.852 bits per heavy atom. The lowest BCUT2D eigenvalue weighted by Gasteiger charge is -2.36. The predicted octanol–water partition coefficient (Wildman–Crippen LogP) is 3.94. The van der Waals surface area contributed by atoms with Crippen LogP contribution in [0.25, 0.3) is 0 Å². The summed E-state index contributed by atoms with van der Waals surface area (Å²) in [5.41, 5.74) is 2.41.